The first kappa shape index (κ1) is 15.1. The van der Waals surface area contributed by atoms with Crippen LogP contribution in [0.5, 0.6) is 11.5 Å². The Morgan fingerprint density at radius 3 is 2.75 bits per heavy atom. The molecule has 1 aromatic carbocycles. The summed E-state index contributed by atoms with van der Waals surface area (Å²) in [4.78, 5) is 0. The molecule has 3 atom stereocenters. The number of methoxy groups -OCH3 is 1. The van der Waals surface area contributed by atoms with E-state index in [1.54, 1.807) is 7.11 Å². The second-order valence-electron chi connectivity index (χ2n) is 5.07. The van der Waals surface area contributed by atoms with Crippen LogP contribution < -0.4 is 14.8 Å². The molecular formula is C16H25NO3. The molecule has 2 rings (SSSR count). The first-order chi connectivity index (χ1) is 9.78. The van der Waals surface area contributed by atoms with Gasteiger partial charge in [0.15, 0.2) is 0 Å². The van der Waals surface area contributed by atoms with Crippen LogP contribution in [-0.4, -0.2) is 38.5 Å². The van der Waals surface area contributed by atoms with E-state index >= 15 is 0 Å². The lowest BCUT2D eigenvalue weighted by Crippen LogP contribution is -2.61. The molecule has 1 aliphatic carbocycles. The van der Waals surface area contributed by atoms with Gasteiger partial charge in [0.2, 0.25) is 0 Å². The summed E-state index contributed by atoms with van der Waals surface area (Å²) >= 11 is 0. The smallest absolute Gasteiger partial charge is 0.128 e. The van der Waals surface area contributed by atoms with E-state index < -0.39 is 0 Å². The first-order valence-corrected chi connectivity index (χ1v) is 7.44. The molecular weight excluding hydrogens is 254 g/mol. The third kappa shape index (κ3) is 3.64. The van der Waals surface area contributed by atoms with Crippen molar-refractivity contribution in [3.05, 3.63) is 24.3 Å². The van der Waals surface area contributed by atoms with Gasteiger partial charge >= 0.3 is 0 Å². The summed E-state index contributed by atoms with van der Waals surface area (Å²) in [5.74, 6) is 1.66. The van der Waals surface area contributed by atoms with Gasteiger partial charge in [-0.15, -0.1) is 0 Å². The van der Waals surface area contributed by atoms with Gasteiger partial charge < -0.3 is 19.5 Å². The maximum atomic E-state index is 6.03. The summed E-state index contributed by atoms with van der Waals surface area (Å²) in [6.45, 7) is 5.99. The molecule has 0 heterocycles. The monoisotopic (exact) mass is 279 g/mol. The largest absolute Gasteiger partial charge is 0.497 e. The average molecular weight is 279 g/mol. The zero-order valence-electron chi connectivity index (χ0n) is 12.6. The van der Waals surface area contributed by atoms with Gasteiger partial charge in [-0.3, -0.25) is 0 Å². The Balaban J connectivity index is 1.93. The summed E-state index contributed by atoms with van der Waals surface area (Å²) in [5, 5.41) is 3.45. The minimum absolute atomic E-state index is 0.123. The van der Waals surface area contributed by atoms with Gasteiger partial charge in [0.05, 0.1) is 7.11 Å². The van der Waals surface area contributed by atoms with Crippen LogP contribution in [0.15, 0.2) is 24.3 Å². The summed E-state index contributed by atoms with van der Waals surface area (Å²) in [6, 6.07) is 8.14. The molecule has 0 aliphatic heterocycles. The molecule has 0 saturated heterocycles. The number of benzene rings is 1. The van der Waals surface area contributed by atoms with Crippen molar-refractivity contribution in [1.29, 1.82) is 0 Å². The van der Waals surface area contributed by atoms with Crippen LogP contribution in [0.4, 0.5) is 0 Å². The van der Waals surface area contributed by atoms with E-state index in [1.165, 1.54) is 0 Å². The predicted octanol–water partition coefficient (Wildman–Crippen LogP) is 2.62. The fourth-order valence-corrected chi connectivity index (χ4v) is 2.49. The second kappa shape index (κ2) is 7.50. The lowest BCUT2D eigenvalue weighted by molar-refractivity contribution is -0.107. The highest BCUT2D eigenvalue weighted by Crippen LogP contribution is 2.30. The molecule has 0 spiro atoms. The van der Waals surface area contributed by atoms with Crippen molar-refractivity contribution in [3.8, 4) is 11.5 Å². The zero-order valence-corrected chi connectivity index (χ0v) is 12.6. The van der Waals surface area contributed by atoms with E-state index in [4.69, 9.17) is 14.2 Å². The number of ether oxygens (including phenoxy) is 3. The number of likely N-dealkylation sites (N-methyl/N-ethyl adjacent to an activating group) is 1. The molecule has 0 radical (unpaired) electrons. The molecule has 1 N–H and O–H groups in total. The van der Waals surface area contributed by atoms with Crippen molar-refractivity contribution in [2.75, 3.05) is 20.3 Å². The molecule has 3 unspecified atom stereocenters. The van der Waals surface area contributed by atoms with Gasteiger partial charge in [-0.05, 0) is 25.1 Å². The lowest BCUT2D eigenvalue weighted by atomic mass is 9.85. The van der Waals surface area contributed by atoms with Crippen LogP contribution in [-0.2, 0) is 4.74 Å². The molecule has 0 amide bonds. The molecule has 4 nitrogen and oxygen atoms in total. The Kier molecular flexibility index (Phi) is 5.68. The molecule has 1 aliphatic rings. The van der Waals surface area contributed by atoms with Gasteiger partial charge in [-0.2, -0.15) is 0 Å². The van der Waals surface area contributed by atoms with Crippen LogP contribution >= 0.6 is 0 Å². The topological polar surface area (TPSA) is 39.7 Å². The van der Waals surface area contributed by atoms with Crippen LogP contribution in [0.25, 0.3) is 0 Å². The number of hydrogen-bond acceptors (Lipinski definition) is 4. The Morgan fingerprint density at radius 2 is 2.05 bits per heavy atom. The molecule has 1 saturated carbocycles. The van der Waals surface area contributed by atoms with Crippen LogP contribution in [0.3, 0.4) is 0 Å². The predicted molar refractivity (Wildman–Crippen MR) is 79.5 cm³/mol. The highest BCUT2D eigenvalue weighted by molar-refractivity contribution is 5.33. The van der Waals surface area contributed by atoms with E-state index in [0.717, 1.165) is 37.5 Å². The summed E-state index contributed by atoms with van der Waals surface area (Å²) in [5.41, 5.74) is 0. The lowest BCUT2D eigenvalue weighted by Gasteiger charge is -2.44. The fourth-order valence-electron chi connectivity index (χ4n) is 2.49. The molecule has 112 valence electrons. The molecule has 0 bridgehead atoms. The first-order valence-electron chi connectivity index (χ1n) is 7.44. The normalized spacial score (nSPS) is 25.1. The zero-order chi connectivity index (χ0) is 14.4. The van der Waals surface area contributed by atoms with E-state index in [0.29, 0.717) is 6.04 Å². The number of nitrogens with one attached hydrogen (secondary N) is 1. The van der Waals surface area contributed by atoms with E-state index in [1.807, 2.05) is 24.3 Å². The van der Waals surface area contributed by atoms with Gasteiger partial charge in [0.1, 0.15) is 23.7 Å². The molecule has 20 heavy (non-hydrogen) atoms. The maximum absolute atomic E-state index is 6.03. The minimum Gasteiger partial charge on any atom is -0.497 e. The van der Waals surface area contributed by atoms with Crippen molar-refractivity contribution in [2.45, 2.75) is 44.9 Å². The summed E-state index contributed by atoms with van der Waals surface area (Å²) in [7, 11) is 1.66. The SMILES string of the molecule is CCCOC1C(NCC)CC1Oc1cccc(OC)c1. The van der Waals surface area contributed by atoms with Crippen LogP contribution in [0, 0.1) is 0 Å². The second-order valence-corrected chi connectivity index (χ2v) is 5.07. The van der Waals surface area contributed by atoms with E-state index in [9.17, 15) is 0 Å². The Labute approximate surface area is 121 Å². The quantitative estimate of drug-likeness (QED) is 0.794. The third-order valence-electron chi connectivity index (χ3n) is 3.56. The van der Waals surface area contributed by atoms with Crippen molar-refractivity contribution >= 4 is 0 Å². The van der Waals surface area contributed by atoms with Gasteiger partial charge in [0, 0.05) is 25.1 Å². The van der Waals surface area contributed by atoms with Crippen molar-refractivity contribution in [3.63, 3.8) is 0 Å². The van der Waals surface area contributed by atoms with Gasteiger partial charge in [-0.1, -0.05) is 19.9 Å². The van der Waals surface area contributed by atoms with Gasteiger partial charge in [0.25, 0.3) is 0 Å². The molecule has 0 aromatic heterocycles. The molecule has 4 heteroatoms. The number of hydrogen-bond donors (Lipinski definition) is 1. The Morgan fingerprint density at radius 1 is 1.25 bits per heavy atom. The van der Waals surface area contributed by atoms with Crippen molar-refractivity contribution in [1.82, 2.24) is 5.32 Å². The highest BCUT2D eigenvalue weighted by Gasteiger charge is 2.43. The number of rotatable bonds is 8. The minimum atomic E-state index is 0.123. The maximum Gasteiger partial charge on any atom is 0.128 e. The standard InChI is InChI=1S/C16H25NO3/c1-4-9-19-16-14(17-5-2)11-15(16)20-13-8-6-7-12(10-13)18-3/h6-8,10,14-17H,4-5,9,11H2,1-3H3. The van der Waals surface area contributed by atoms with E-state index in [2.05, 4.69) is 19.2 Å². The van der Waals surface area contributed by atoms with Crippen LogP contribution in [0.1, 0.15) is 26.7 Å². The summed E-state index contributed by atoms with van der Waals surface area (Å²) < 4.78 is 17.2. The third-order valence-corrected chi connectivity index (χ3v) is 3.56. The van der Waals surface area contributed by atoms with Crippen molar-refractivity contribution < 1.29 is 14.2 Å². The highest BCUT2D eigenvalue weighted by atomic mass is 16.5. The van der Waals surface area contributed by atoms with Crippen molar-refractivity contribution in [2.24, 2.45) is 0 Å². The Bertz CT molecular complexity index is 410. The molecule has 1 aromatic rings. The fraction of sp³-hybridized carbons (Fsp3) is 0.625. The summed E-state index contributed by atoms with van der Waals surface area (Å²) in [6.07, 6.45) is 2.28. The van der Waals surface area contributed by atoms with E-state index in [-0.39, 0.29) is 12.2 Å². The van der Waals surface area contributed by atoms with Gasteiger partial charge in [-0.25, -0.2) is 0 Å². The van der Waals surface area contributed by atoms with Crippen LogP contribution in [0.2, 0.25) is 0 Å². The Hall–Kier alpha value is -1.26. The molecule has 1 fully saturated rings. The average Bonchev–Trinajstić information content (AvgIpc) is 2.46.